The van der Waals surface area contributed by atoms with Gasteiger partial charge in [0.05, 0.1) is 12.1 Å². The van der Waals surface area contributed by atoms with E-state index in [1.165, 1.54) is 6.42 Å². The number of hydrogen-bond acceptors (Lipinski definition) is 5. The normalized spacial score (nSPS) is 22.8. The lowest BCUT2D eigenvalue weighted by molar-refractivity contribution is 0.101. The molecule has 2 unspecified atom stereocenters. The molecule has 1 aromatic heterocycles. The van der Waals surface area contributed by atoms with E-state index < -0.39 is 0 Å². The van der Waals surface area contributed by atoms with E-state index in [-0.39, 0.29) is 6.10 Å². The third kappa shape index (κ3) is 3.35. The molecule has 1 saturated carbocycles. The largest absolute Gasteiger partial charge is 0.379 e. The molecular formula is C14H24N4O. The molecule has 0 amide bonds. The molecule has 0 saturated heterocycles. The summed E-state index contributed by atoms with van der Waals surface area (Å²) in [5, 5.41) is 6.59. The van der Waals surface area contributed by atoms with E-state index in [4.69, 9.17) is 4.74 Å². The molecule has 0 radical (unpaired) electrons. The maximum Gasteiger partial charge on any atom is 0.135 e. The zero-order valence-corrected chi connectivity index (χ0v) is 12.2. The molecule has 0 aromatic carbocycles. The molecule has 0 aliphatic heterocycles. The minimum Gasteiger partial charge on any atom is -0.379 e. The molecule has 5 heteroatoms. The topological polar surface area (TPSA) is 59.1 Å². The van der Waals surface area contributed by atoms with Crippen LogP contribution in [0.15, 0.2) is 6.07 Å². The van der Waals surface area contributed by atoms with Crippen molar-refractivity contribution in [3.05, 3.63) is 11.9 Å². The number of nitrogens with one attached hydrogen (secondary N) is 2. The fourth-order valence-electron chi connectivity index (χ4n) is 2.49. The van der Waals surface area contributed by atoms with Gasteiger partial charge in [0.15, 0.2) is 0 Å². The molecule has 2 atom stereocenters. The van der Waals surface area contributed by atoms with Gasteiger partial charge in [-0.25, -0.2) is 9.97 Å². The van der Waals surface area contributed by atoms with Crippen LogP contribution in [0.2, 0.25) is 0 Å². The first-order valence-electron chi connectivity index (χ1n) is 7.00. The van der Waals surface area contributed by atoms with Crippen molar-refractivity contribution in [1.82, 2.24) is 9.97 Å². The van der Waals surface area contributed by atoms with E-state index in [9.17, 15) is 0 Å². The van der Waals surface area contributed by atoms with Crippen molar-refractivity contribution >= 4 is 11.6 Å². The first-order chi connectivity index (χ1) is 9.13. The summed E-state index contributed by atoms with van der Waals surface area (Å²) >= 11 is 0. The van der Waals surface area contributed by atoms with Gasteiger partial charge in [-0.3, -0.25) is 0 Å². The smallest absolute Gasteiger partial charge is 0.135 e. The molecule has 0 bridgehead atoms. The van der Waals surface area contributed by atoms with Crippen LogP contribution >= 0.6 is 0 Å². The second kappa shape index (κ2) is 6.19. The first-order valence-corrected chi connectivity index (χ1v) is 7.00. The van der Waals surface area contributed by atoms with E-state index in [0.717, 1.165) is 30.3 Å². The number of nitrogens with zero attached hydrogens (tertiary/aromatic N) is 2. The standard InChI is InChI=1S/C14H24N4O/c1-9(2)14-17-12(15-3)8-13(18-14)16-10-6-5-7-11(10)19-4/h8-11H,5-7H2,1-4H3,(H2,15,16,17,18). The van der Waals surface area contributed by atoms with Crippen LogP contribution < -0.4 is 10.6 Å². The maximum atomic E-state index is 5.51. The van der Waals surface area contributed by atoms with Gasteiger partial charge < -0.3 is 15.4 Å². The fourth-order valence-corrected chi connectivity index (χ4v) is 2.49. The predicted molar refractivity (Wildman–Crippen MR) is 77.7 cm³/mol. The summed E-state index contributed by atoms with van der Waals surface area (Å²) in [6.07, 6.45) is 3.75. The van der Waals surface area contributed by atoms with Crippen LogP contribution in [0.4, 0.5) is 11.6 Å². The van der Waals surface area contributed by atoms with Crippen molar-refractivity contribution in [2.24, 2.45) is 0 Å². The van der Waals surface area contributed by atoms with Crippen molar-refractivity contribution in [1.29, 1.82) is 0 Å². The van der Waals surface area contributed by atoms with Crippen LogP contribution in [0.25, 0.3) is 0 Å². The summed E-state index contributed by atoms with van der Waals surface area (Å²) in [5.41, 5.74) is 0. The second-order valence-corrected chi connectivity index (χ2v) is 5.36. The predicted octanol–water partition coefficient (Wildman–Crippen LogP) is 2.62. The van der Waals surface area contributed by atoms with Gasteiger partial charge in [0.2, 0.25) is 0 Å². The Morgan fingerprint density at radius 1 is 1.26 bits per heavy atom. The Hall–Kier alpha value is -1.36. The lowest BCUT2D eigenvalue weighted by Gasteiger charge is -2.21. The second-order valence-electron chi connectivity index (χ2n) is 5.36. The highest BCUT2D eigenvalue weighted by molar-refractivity contribution is 5.48. The molecule has 5 nitrogen and oxygen atoms in total. The molecule has 0 spiro atoms. The number of ether oxygens (including phenoxy) is 1. The average Bonchev–Trinajstić information content (AvgIpc) is 2.85. The Labute approximate surface area is 115 Å². The highest BCUT2D eigenvalue weighted by atomic mass is 16.5. The van der Waals surface area contributed by atoms with Crippen LogP contribution in [0.1, 0.15) is 44.9 Å². The zero-order chi connectivity index (χ0) is 13.8. The van der Waals surface area contributed by atoms with Crippen molar-refractivity contribution in [2.45, 2.75) is 51.2 Å². The van der Waals surface area contributed by atoms with Gasteiger partial charge in [0.25, 0.3) is 0 Å². The maximum absolute atomic E-state index is 5.51. The highest BCUT2D eigenvalue weighted by Crippen LogP contribution is 2.25. The van der Waals surface area contributed by atoms with Crippen LogP contribution in [0.3, 0.4) is 0 Å². The molecule has 2 rings (SSSR count). The first kappa shape index (κ1) is 14.1. The average molecular weight is 264 g/mol. The molecule has 106 valence electrons. The van der Waals surface area contributed by atoms with E-state index in [1.54, 1.807) is 7.11 Å². The zero-order valence-electron chi connectivity index (χ0n) is 12.2. The van der Waals surface area contributed by atoms with Gasteiger partial charge in [-0.05, 0) is 19.3 Å². The van der Waals surface area contributed by atoms with Gasteiger partial charge in [-0.1, -0.05) is 13.8 Å². The monoisotopic (exact) mass is 264 g/mol. The summed E-state index contributed by atoms with van der Waals surface area (Å²) in [4.78, 5) is 9.07. The van der Waals surface area contributed by atoms with E-state index >= 15 is 0 Å². The number of hydrogen-bond donors (Lipinski definition) is 2. The fraction of sp³-hybridized carbons (Fsp3) is 0.714. The number of anilines is 2. The van der Waals surface area contributed by atoms with Gasteiger partial charge in [-0.2, -0.15) is 0 Å². The molecule has 1 aliphatic rings. The molecule has 1 heterocycles. The highest BCUT2D eigenvalue weighted by Gasteiger charge is 2.27. The molecule has 19 heavy (non-hydrogen) atoms. The van der Waals surface area contributed by atoms with Crippen molar-refractivity contribution in [3.8, 4) is 0 Å². The van der Waals surface area contributed by atoms with Gasteiger partial charge in [0.1, 0.15) is 17.5 Å². The Balaban J connectivity index is 2.17. The van der Waals surface area contributed by atoms with Gasteiger partial charge in [-0.15, -0.1) is 0 Å². The lowest BCUT2D eigenvalue weighted by Crippen LogP contribution is -2.30. The van der Waals surface area contributed by atoms with E-state index in [1.807, 2.05) is 13.1 Å². The summed E-state index contributed by atoms with van der Waals surface area (Å²) in [7, 11) is 3.66. The SMILES string of the molecule is CNc1cc(NC2CCCC2OC)nc(C(C)C)n1. The Morgan fingerprint density at radius 2 is 2.00 bits per heavy atom. The number of aromatic nitrogens is 2. The third-order valence-corrected chi connectivity index (χ3v) is 3.60. The van der Waals surface area contributed by atoms with Crippen molar-refractivity contribution in [2.75, 3.05) is 24.8 Å². The lowest BCUT2D eigenvalue weighted by atomic mass is 10.2. The molecular weight excluding hydrogens is 240 g/mol. The van der Waals surface area contributed by atoms with Crippen molar-refractivity contribution in [3.63, 3.8) is 0 Å². The minimum atomic E-state index is 0.288. The van der Waals surface area contributed by atoms with Gasteiger partial charge in [0, 0.05) is 26.1 Å². The quantitative estimate of drug-likeness (QED) is 0.856. The summed E-state index contributed by atoms with van der Waals surface area (Å²) in [6, 6.07) is 2.31. The van der Waals surface area contributed by atoms with Crippen LogP contribution in [0, 0.1) is 0 Å². The van der Waals surface area contributed by atoms with Crippen LogP contribution in [-0.4, -0.2) is 36.3 Å². The molecule has 1 aromatic rings. The van der Waals surface area contributed by atoms with Crippen LogP contribution in [-0.2, 0) is 4.74 Å². The summed E-state index contributed by atoms with van der Waals surface area (Å²) in [6.45, 7) is 4.21. The Kier molecular flexibility index (Phi) is 4.58. The summed E-state index contributed by atoms with van der Waals surface area (Å²) in [5.74, 6) is 2.92. The van der Waals surface area contributed by atoms with Gasteiger partial charge >= 0.3 is 0 Å². The minimum absolute atomic E-state index is 0.288. The molecule has 2 N–H and O–H groups in total. The molecule has 1 fully saturated rings. The number of methoxy groups -OCH3 is 1. The van der Waals surface area contributed by atoms with Crippen LogP contribution in [0.5, 0.6) is 0 Å². The van der Waals surface area contributed by atoms with E-state index in [2.05, 4.69) is 34.4 Å². The number of rotatable bonds is 5. The third-order valence-electron chi connectivity index (χ3n) is 3.60. The summed E-state index contributed by atoms with van der Waals surface area (Å²) < 4.78 is 5.51. The molecule has 1 aliphatic carbocycles. The van der Waals surface area contributed by atoms with Crippen molar-refractivity contribution < 1.29 is 4.74 Å². The Bertz CT molecular complexity index is 422. The van der Waals surface area contributed by atoms with E-state index in [0.29, 0.717) is 12.0 Å². The Morgan fingerprint density at radius 3 is 2.63 bits per heavy atom.